The molecule has 0 saturated carbocycles. The molecule has 26 heavy (non-hydrogen) atoms. The van der Waals surface area contributed by atoms with E-state index < -0.39 is 0 Å². The molecule has 0 atom stereocenters. The second-order valence-corrected chi connectivity index (χ2v) is 5.56. The van der Waals surface area contributed by atoms with Crippen LogP contribution in [0.15, 0.2) is 72.8 Å². The predicted molar refractivity (Wildman–Crippen MR) is 102 cm³/mol. The standard InChI is InChI=1S/C20H18N4O2/c21-19(22)13-4-8-15(9-5-13)25-17-2-1-3-18(12-17)26-16-10-6-14(7-11-16)20(23)24/h1-12H,(H3,21,22)(H3,23,24). The average Bonchev–Trinajstić information content (AvgIpc) is 2.63. The maximum atomic E-state index is 7.40. The van der Waals surface area contributed by atoms with Gasteiger partial charge in [-0.05, 0) is 60.7 Å². The Kier molecular flexibility index (Phi) is 4.85. The van der Waals surface area contributed by atoms with Gasteiger partial charge in [-0.2, -0.15) is 0 Å². The van der Waals surface area contributed by atoms with E-state index in [0.717, 1.165) is 0 Å². The molecule has 0 spiro atoms. The van der Waals surface area contributed by atoms with E-state index in [1.165, 1.54) is 0 Å². The molecule has 0 aliphatic rings. The third-order valence-corrected chi connectivity index (χ3v) is 3.61. The van der Waals surface area contributed by atoms with Crippen molar-refractivity contribution in [3.8, 4) is 23.0 Å². The van der Waals surface area contributed by atoms with Crippen LogP contribution in [0.2, 0.25) is 0 Å². The van der Waals surface area contributed by atoms with Crippen LogP contribution in [0.3, 0.4) is 0 Å². The third kappa shape index (κ3) is 4.18. The van der Waals surface area contributed by atoms with Gasteiger partial charge in [-0.25, -0.2) is 0 Å². The fourth-order valence-corrected chi connectivity index (χ4v) is 2.28. The minimum Gasteiger partial charge on any atom is -0.457 e. The molecule has 0 fully saturated rings. The van der Waals surface area contributed by atoms with Gasteiger partial charge in [0, 0.05) is 17.2 Å². The summed E-state index contributed by atoms with van der Waals surface area (Å²) >= 11 is 0. The zero-order valence-electron chi connectivity index (χ0n) is 13.9. The molecule has 0 aliphatic heterocycles. The zero-order chi connectivity index (χ0) is 18.5. The van der Waals surface area contributed by atoms with Crippen molar-refractivity contribution < 1.29 is 9.47 Å². The number of amidine groups is 2. The van der Waals surface area contributed by atoms with E-state index in [1.54, 1.807) is 54.6 Å². The van der Waals surface area contributed by atoms with Gasteiger partial charge in [-0.1, -0.05) is 6.07 Å². The van der Waals surface area contributed by atoms with Gasteiger partial charge in [0.2, 0.25) is 0 Å². The highest BCUT2D eigenvalue weighted by atomic mass is 16.5. The molecule has 0 bridgehead atoms. The zero-order valence-corrected chi connectivity index (χ0v) is 13.9. The van der Waals surface area contributed by atoms with Gasteiger partial charge in [0.05, 0.1) is 0 Å². The van der Waals surface area contributed by atoms with Crippen molar-refractivity contribution in [3.63, 3.8) is 0 Å². The lowest BCUT2D eigenvalue weighted by molar-refractivity contribution is 0.460. The van der Waals surface area contributed by atoms with Gasteiger partial charge in [0.15, 0.2) is 0 Å². The molecule has 0 amide bonds. The molecule has 0 heterocycles. The van der Waals surface area contributed by atoms with Gasteiger partial charge in [0.25, 0.3) is 0 Å². The quantitative estimate of drug-likeness (QED) is 0.400. The Labute approximate surface area is 151 Å². The van der Waals surface area contributed by atoms with E-state index in [4.69, 9.17) is 31.8 Å². The highest BCUT2D eigenvalue weighted by molar-refractivity contribution is 5.95. The summed E-state index contributed by atoms with van der Waals surface area (Å²) in [6.07, 6.45) is 0. The van der Waals surface area contributed by atoms with Crippen LogP contribution in [0.5, 0.6) is 23.0 Å². The summed E-state index contributed by atoms with van der Waals surface area (Å²) < 4.78 is 11.6. The Morgan fingerprint density at radius 3 is 1.31 bits per heavy atom. The highest BCUT2D eigenvalue weighted by Crippen LogP contribution is 2.28. The number of rotatable bonds is 6. The van der Waals surface area contributed by atoms with Crippen molar-refractivity contribution >= 4 is 11.7 Å². The fraction of sp³-hybridized carbons (Fsp3) is 0. The number of nitrogen functional groups attached to an aromatic ring is 2. The van der Waals surface area contributed by atoms with Crippen LogP contribution in [0, 0.1) is 10.8 Å². The van der Waals surface area contributed by atoms with Crippen LogP contribution in [-0.4, -0.2) is 11.7 Å². The Morgan fingerprint density at radius 1 is 0.577 bits per heavy atom. The van der Waals surface area contributed by atoms with Crippen molar-refractivity contribution in [3.05, 3.63) is 83.9 Å². The topological polar surface area (TPSA) is 118 Å². The van der Waals surface area contributed by atoms with Crippen molar-refractivity contribution in [2.24, 2.45) is 11.5 Å². The molecule has 6 heteroatoms. The van der Waals surface area contributed by atoms with Crippen LogP contribution < -0.4 is 20.9 Å². The first-order valence-corrected chi connectivity index (χ1v) is 7.86. The summed E-state index contributed by atoms with van der Waals surface area (Å²) in [4.78, 5) is 0. The minimum atomic E-state index is 0.0164. The van der Waals surface area contributed by atoms with Gasteiger partial charge in [-0.3, -0.25) is 10.8 Å². The van der Waals surface area contributed by atoms with Crippen LogP contribution in [0.4, 0.5) is 0 Å². The Balaban J connectivity index is 1.71. The maximum Gasteiger partial charge on any atom is 0.131 e. The van der Waals surface area contributed by atoms with Crippen LogP contribution >= 0.6 is 0 Å². The fourth-order valence-electron chi connectivity index (χ4n) is 2.28. The lowest BCUT2D eigenvalue weighted by atomic mass is 10.2. The summed E-state index contributed by atoms with van der Waals surface area (Å²) in [5.74, 6) is 2.55. The molecule has 6 nitrogen and oxygen atoms in total. The normalized spacial score (nSPS) is 10.2. The molecule has 0 saturated heterocycles. The van der Waals surface area contributed by atoms with Crippen LogP contribution in [-0.2, 0) is 0 Å². The van der Waals surface area contributed by atoms with Gasteiger partial charge in [-0.15, -0.1) is 0 Å². The number of benzene rings is 3. The summed E-state index contributed by atoms with van der Waals surface area (Å²) in [6, 6.07) is 21.2. The maximum absolute atomic E-state index is 7.40. The van der Waals surface area contributed by atoms with Gasteiger partial charge in [0.1, 0.15) is 34.7 Å². The molecule has 3 aromatic carbocycles. The number of hydrogen-bond donors (Lipinski definition) is 4. The summed E-state index contributed by atoms with van der Waals surface area (Å²) in [6.45, 7) is 0. The number of hydrogen-bond acceptors (Lipinski definition) is 4. The average molecular weight is 346 g/mol. The molecular weight excluding hydrogens is 328 g/mol. The molecular formula is C20H18N4O2. The van der Waals surface area contributed by atoms with Gasteiger partial charge >= 0.3 is 0 Å². The van der Waals surface area contributed by atoms with E-state index in [1.807, 2.05) is 18.2 Å². The molecule has 0 aliphatic carbocycles. The highest BCUT2D eigenvalue weighted by Gasteiger charge is 2.04. The van der Waals surface area contributed by atoms with Crippen molar-refractivity contribution in [2.45, 2.75) is 0 Å². The van der Waals surface area contributed by atoms with E-state index in [9.17, 15) is 0 Å². The number of ether oxygens (including phenoxy) is 2. The second kappa shape index (κ2) is 7.40. The van der Waals surface area contributed by atoms with Crippen LogP contribution in [0.25, 0.3) is 0 Å². The van der Waals surface area contributed by atoms with Gasteiger partial charge < -0.3 is 20.9 Å². The van der Waals surface area contributed by atoms with E-state index >= 15 is 0 Å². The van der Waals surface area contributed by atoms with E-state index in [0.29, 0.717) is 34.1 Å². The summed E-state index contributed by atoms with van der Waals surface area (Å²) in [5.41, 5.74) is 12.2. The SMILES string of the molecule is N=C(N)c1ccc(Oc2cccc(Oc3ccc(C(=N)N)cc3)c2)cc1. The van der Waals surface area contributed by atoms with Crippen molar-refractivity contribution in [2.75, 3.05) is 0 Å². The number of nitrogens with two attached hydrogens (primary N) is 2. The molecule has 0 unspecified atom stereocenters. The second-order valence-electron chi connectivity index (χ2n) is 5.56. The molecule has 3 aromatic rings. The molecule has 130 valence electrons. The Hall–Kier alpha value is -3.80. The van der Waals surface area contributed by atoms with E-state index in [2.05, 4.69) is 0 Å². The molecule has 0 aromatic heterocycles. The smallest absolute Gasteiger partial charge is 0.131 e. The molecule has 0 radical (unpaired) electrons. The first-order chi connectivity index (χ1) is 12.5. The first kappa shape index (κ1) is 17.0. The third-order valence-electron chi connectivity index (χ3n) is 3.61. The summed E-state index contributed by atoms with van der Waals surface area (Å²) in [5, 5.41) is 14.8. The molecule has 3 rings (SSSR count). The predicted octanol–water partition coefficient (Wildman–Crippen LogP) is 3.84. The Bertz CT molecular complexity index is 860. The first-order valence-electron chi connectivity index (χ1n) is 7.86. The Morgan fingerprint density at radius 2 is 0.962 bits per heavy atom. The monoisotopic (exact) mass is 346 g/mol. The summed E-state index contributed by atoms with van der Waals surface area (Å²) in [7, 11) is 0. The largest absolute Gasteiger partial charge is 0.457 e. The van der Waals surface area contributed by atoms with Crippen molar-refractivity contribution in [1.29, 1.82) is 10.8 Å². The van der Waals surface area contributed by atoms with Crippen LogP contribution in [0.1, 0.15) is 11.1 Å². The molecule has 6 N–H and O–H groups in total. The minimum absolute atomic E-state index is 0.0164. The van der Waals surface area contributed by atoms with Crippen molar-refractivity contribution in [1.82, 2.24) is 0 Å². The lowest BCUT2D eigenvalue weighted by Gasteiger charge is -2.10. The number of nitrogens with one attached hydrogen (secondary N) is 2. The van der Waals surface area contributed by atoms with E-state index in [-0.39, 0.29) is 11.7 Å². The lowest BCUT2D eigenvalue weighted by Crippen LogP contribution is -2.10.